The van der Waals surface area contributed by atoms with Gasteiger partial charge >= 0.3 is 11.9 Å². The number of hydrogen-bond acceptors (Lipinski definition) is 8. The number of hydrogen-bond donors (Lipinski definition) is 0. The fourth-order valence-corrected chi connectivity index (χ4v) is 7.39. The van der Waals surface area contributed by atoms with Gasteiger partial charge in [-0.05, 0) is 35.6 Å². The van der Waals surface area contributed by atoms with Crippen LogP contribution in [0, 0.1) is 5.92 Å². The van der Waals surface area contributed by atoms with Crippen LogP contribution >= 0.6 is 11.3 Å². The van der Waals surface area contributed by atoms with Crippen LogP contribution in [0.4, 0.5) is 0 Å². The molecule has 0 saturated carbocycles. The van der Waals surface area contributed by atoms with Crippen molar-refractivity contribution in [3.8, 4) is 0 Å². The Hall–Kier alpha value is -2.27. The van der Waals surface area contributed by atoms with E-state index in [4.69, 9.17) is 9.47 Å². The van der Waals surface area contributed by atoms with E-state index in [-0.39, 0.29) is 21.7 Å². The van der Waals surface area contributed by atoms with Crippen molar-refractivity contribution in [2.24, 2.45) is 5.92 Å². The second-order valence-corrected chi connectivity index (χ2v) is 11.8. The van der Waals surface area contributed by atoms with Crippen molar-refractivity contribution in [1.82, 2.24) is 9.21 Å². The van der Waals surface area contributed by atoms with Crippen molar-refractivity contribution in [3.63, 3.8) is 0 Å². The van der Waals surface area contributed by atoms with Gasteiger partial charge in [0.05, 0.1) is 25.3 Å². The predicted molar refractivity (Wildman–Crippen MR) is 126 cm³/mol. The Labute approximate surface area is 199 Å². The molecular weight excluding hydrogens is 464 g/mol. The summed E-state index contributed by atoms with van der Waals surface area (Å²) in [7, 11) is 0.343. The lowest BCUT2D eigenvalue weighted by Gasteiger charge is -2.27. The number of carbonyl (C=O) groups is 2. The molecule has 0 saturated heterocycles. The van der Waals surface area contributed by atoms with Crippen LogP contribution < -0.4 is 0 Å². The minimum atomic E-state index is -3.82. The molecule has 0 amide bonds. The first-order chi connectivity index (χ1) is 15.6. The Morgan fingerprint density at radius 2 is 1.76 bits per heavy atom. The average molecular weight is 495 g/mol. The molecule has 0 unspecified atom stereocenters. The third-order valence-electron chi connectivity index (χ3n) is 5.54. The zero-order valence-corrected chi connectivity index (χ0v) is 21.2. The maximum atomic E-state index is 13.3. The molecule has 0 radical (unpaired) electrons. The van der Waals surface area contributed by atoms with Crippen molar-refractivity contribution in [1.29, 1.82) is 0 Å². The van der Waals surface area contributed by atoms with Crippen molar-refractivity contribution in [2.75, 3.05) is 34.4 Å². The number of benzene rings is 1. The van der Waals surface area contributed by atoms with E-state index in [2.05, 4.69) is 4.90 Å². The fraction of sp³-hybridized carbons (Fsp3) is 0.478. The normalized spacial score (nSPS) is 14.4. The minimum absolute atomic E-state index is 0.0618. The van der Waals surface area contributed by atoms with Gasteiger partial charge in [0.2, 0.25) is 0 Å². The Morgan fingerprint density at radius 1 is 1.12 bits per heavy atom. The smallest absolute Gasteiger partial charge is 0.340 e. The van der Waals surface area contributed by atoms with E-state index in [0.29, 0.717) is 38.2 Å². The quantitative estimate of drug-likeness (QED) is 0.521. The molecule has 1 aromatic carbocycles. The summed E-state index contributed by atoms with van der Waals surface area (Å²) in [5, 5.41) is 0. The van der Waals surface area contributed by atoms with Crippen LogP contribution in [0.1, 0.15) is 50.6 Å². The van der Waals surface area contributed by atoms with E-state index in [1.807, 2.05) is 26.0 Å². The van der Waals surface area contributed by atoms with Crippen molar-refractivity contribution < 1.29 is 27.5 Å². The third-order valence-corrected chi connectivity index (χ3v) is 9.08. The van der Waals surface area contributed by atoms with Gasteiger partial charge in [0.15, 0.2) is 0 Å². The molecule has 0 aliphatic carbocycles. The summed E-state index contributed by atoms with van der Waals surface area (Å²) >= 11 is 1.16. The molecular formula is C23H30N2O6S2. The summed E-state index contributed by atoms with van der Waals surface area (Å²) in [6.45, 7) is 6.10. The number of carbonyl (C=O) groups excluding carboxylic acids is 2. The lowest BCUT2D eigenvalue weighted by molar-refractivity contribution is 0.0588. The predicted octanol–water partition coefficient (Wildman–Crippen LogP) is 3.16. The van der Waals surface area contributed by atoms with Gasteiger partial charge in [0, 0.05) is 38.1 Å². The van der Waals surface area contributed by atoms with Gasteiger partial charge in [-0.3, -0.25) is 4.90 Å². The van der Waals surface area contributed by atoms with E-state index < -0.39 is 16.0 Å². The van der Waals surface area contributed by atoms with Gasteiger partial charge in [-0.1, -0.05) is 26.0 Å². The SMILES string of the molecule is COC(=O)c1ccc(CN2CCc3c(sc(S(=O)(=O)N(C)CC(C)C)c3C(=O)OC)C2)cc1. The number of nitrogens with zero attached hydrogens (tertiary/aromatic N) is 2. The maximum absolute atomic E-state index is 13.3. The Balaban J connectivity index is 1.87. The molecule has 0 spiro atoms. The summed E-state index contributed by atoms with van der Waals surface area (Å²) in [6.07, 6.45) is 0.555. The first kappa shape index (κ1) is 25.4. The number of methoxy groups -OCH3 is 2. The number of esters is 2. The van der Waals surface area contributed by atoms with E-state index in [9.17, 15) is 18.0 Å². The molecule has 1 aromatic heterocycles. The van der Waals surface area contributed by atoms with E-state index in [1.54, 1.807) is 19.2 Å². The lowest BCUT2D eigenvalue weighted by atomic mass is 10.0. The molecule has 0 atom stereocenters. The largest absolute Gasteiger partial charge is 0.465 e. The van der Waals surface area contributed by atoms with Crippen LogP contribution in [-0.4, -0.2) is 63.9 Å². The third kappa shape index (κ3) is 5.46. The molecule has 1 aliphatic heterocycles. The number of sulfonamides is 1. The zero-order chi connectivity index (χ0) is 24.3. The molecule has 1 aliphatic rings. The second-order valence-electron chi connectivity index (χ2n) is 8.49. The molecule has 2 heterocycles. The van der Waals surface area contributed by atoms with Gasteiger partial charge in [0.1, 0.15) is 4.21 Å². The number of thiophene rings is 1. The van der Waals surface area contributed by atoms with Crippen LogP contribution in [0.3, 0.4) is 0 Å². The lowest BCUT2D eigenvalue weighted by Crippen LogP contribution is -2.31. The summed E-state index contributed by atoms with van der Waals surface area (Å²) in [5.74, 6) is -0.841. The summed E-state index contributed by atoms with van der Waals surface area (Å²) in [4.78, 5) is 27.3. The Bertz CT molecular complexity index is 1120. The zero-order valence-electron chi connectivity index (χ0n) is 19.6. The van der Waals surface area contributed by atoms with Crippen LogP contribution in [0.2, 0.25) is 0 Å². The van der Waals surface area contributed by atoms with Crippen molar-refractivity contribution >= 4 is 33.3 Å². The second kappa shape index (κ2) is 10.3. The van der Waals surface area contributed by atoms with Gasteiger partial charge in [0.25, 0.3) is 10.0 Å². The van der Waals surface area contributed by atoms with Crippen molar-refractivity contribution in [2.45, 2.75) is 37.6 Å². The van der Waals surface area contributed by atoms with E-state index >= 15 is 0 Å². The minimum Gasteiger partial charge on any atom is -0.465 e. The fourth-order valence-electron chi connectivity index (χ4n) is 3.93. The molecule has 2 aromatic rings. The highest BCUT2D eigenvalue weighted by Gasteiger charge is 2.36. The highest BCUT2D eigenvalue weighted by molar-refractivity contribution is 7.91. The summed E-state index contributed by atoms with van der Waals surface area (Å²) < 4.78 is 37.6. The molecule has 180 valence electrons. The van der Waals surface area contributed by atoms with Crippen LogP contribution in [-0.2, 0) is 39.0 Å². The highest BCUT2D eigenvalue weighted by Crippen LogP contribution is 2.38. The van der Waals surface area contributed by atoms with Crippen LogP contribution in [0.15, 0.2) is 28.5 Å². The molecule has 33 heavy (non-hydrogen) atoms. The molecule has 10 heteroatoms. The van der Waals surface area contributed by atoms with E-state index in [1.165, 1.54) is 18.5 Å². The Morgan fingerprint density at radius 3 is 2.33 bits per heavy atom. The number of fused-ring (bicyclic) bond motifs is 1. The van der Waals surface area contributed by atoms with Crippen LogP contribution in [0.5, 0.6) is 0 Å². The van der Waals surface area contributed by atoms with Gasteiger partial charge in [-0.25, -0.2) is 18.0 Å². The highest BCUT2D eigenvalue weighted by atomic mass is 32.2. The van der Waals surface area contributed by atoms with E-state index in [0.717, 1.165) is 27.3 Å². The maximum Gasteiger partial charge on any atom is 0.340 e. The topological polar surface area (TPSA) is 93.2 Å². The summed E-state index contributed by atoms with van der Waals surface area (Å²) in [5.41, 5.74) is 2.46. The number of rotatable bonds is 8. The molecule has 0 fully saturated rings. The summed E-state index contributed by atoms with van der Waals surface area (Å²) in [6, 6.07) is 7.22. The first-order valence-electron chi connectivity index (χ1n) is 10.7. The average Bonchev–Trinajstić information content (AvgIpc) is 3.17. The molecule has 0 bridgehead atoms. The molecule has 0 N–H and O–H groups in total. The molecule has 8 nitrogen and oxygen atoms in total. The van der Waals surface area contributed by atoms with Crippen LogP contribution in [0.25, 0.3) is 0 Å². The van der Waals surface area contributed by atoms with Crippen molar-refractivity contribution in [3.05, 3.63) is 51.4 Å². The Kier molecular flexibility index (Phi) is 7.94. The first-order valence-corrected chi connectivity index (χ1v) is 12.9. The standard InChI is InChI=1S/C23H30N2O6S2/c1-15(2)12-24(3)33(28,29)23-20(22(27)31-5)18-10-11-25(14-19(18)32-23)13-16-6-8-17(9-7-16)21(26)30-4/h6-9,15H,10-14H2,1-5H3. The molecule has 3 rings (SSSR count). The number of ether oxygens (including phenoxy) is 2. The monoisotopic (exact) mass is 494 g/mol. The van der Waals surface area contributed by atoms with Gasteiger partial charge < -0.3 is 9.47 Å². The van der Waals surface area contributed by atoms with Gasteiger partial charge in [-0.2, -0.15) is 4.31 Å². The van der Waals surface area contributed by atoms with Gasteiger partial charge in [-0.15, -0.1) is 11.3 Å².